The van der Waals surface area contributed by atoms with Gasteiger partial charge in [-0.25, -0.2) is 4.57 Å². The number of carboxylic acids is 1. The van der Waals surface area contributed by atoms with Gasteiger partial charge in [-0.1, -0.05) is 137 Å². The maximum absolute atomic E-state index is 12.5. The summed E-state index contributed by atoms with van der Waals surface area (Å²) in [7, 11) is -4.64. The molecule has 0 aromatic rings. The van der Waals surface area contributed by atoms with Crippen LogP contribution in [0.25, 0.3) is 0 Å². The third kappa shape index (κ3) is 37.3. The van der Waals surface area contributed by atoms with Crippen molar-refractivity contribution in [3.63, 3.8) is 0 Å². The van der Waals surface area contributed by atoms with Crippen molar-refractivity contribution in [1.82, 2.24) is 0 Å². The zero-order valence-corrected chi connectivity index (χ0v) is 33.5. The van der Waals surface area contributed by atoms with Gasteiger partial charge < -0.3 is 25.2 Å². The number of esters is 1. The van der Waals surface area contributed by atoms with Gasteiger partial charge in [0.2, 0.25) is 0 Å². The Balaban J connectivity index is 4.38. The van der Waals surface area contributed by atoms with Gasteiger partial charge in [0.25, 0.3) is 0 Å². The fraction of sp³-hybridized carbons (Fsp3) is 0.619. The van der Waals surface area contributed by atoms with Crippen LogP contribution in [0.2, 0.25) is 0 Å². The second-order valence-corrected chi connectivity index (χ2v) is 14.1. The molecule has 4 N–H and O–H groups in total. The van der Waals surface area contributed by atoms with Crippen LogP contribution >= 0.6 is 7.82 Å². The van der Waals surface area contributed by atoms with Gasteiger partial charge in [-0.15, -0.1) is 0 Å². The molecule has 0 aliphatic rings. The normalized spacial score (nSPS) is 14.9. The van der Waals surface area contributed by atoms with Crippen LogP contribution in [0.4, 0.5) is 0 Å². The number of unbranched alkanes of at least 4 members (excludes halogenated alkanes) is 8. The number of aliphatic carboxylic acids is 1. The summed E-state index contributed by atoms with van der Waals surface area (Å²) in [6.45, 7) is 3.51. The van der Waals surface area contributed by atoms with Gasteiger partial charge in [-0.2, -0.15) is 0 Å². The van der Waals surface area contributed by atoms with Gasteiger partial charge in [-0.05, 0) is 70.6 Å². The standard InChI is InChI=1S/C42H70NO9P/c1-3-5-7-9-11-13-15-17-18-19-20-21-23-25-27-29-31-33-35-49-36-39(37-50-53(47,48)51-38-40(43)42(45)46)52-41(44)34-32-30-28-26-24-22-16-14-12-10-8-6-4-2/h5-8,11-14,17-18,22,24,28,30,39-40H,3-4,9-10,15-16,19-21,23,25-27,29,31-38,43H2,1-2H3,(H,45,46)(H,47,48)/b7-5-,8-6-,13-11-,14-12-,18-17-,24-22-,30-28-. The summed E-state index contributed by atoms with van der Waals surface area (Å²) in [5.41, 5.74) is 5.33. The minimum absolute atomic E-state index is 0.0224. The molecule has 302 valence electrons. The fourth-order valence-electron chi connectivity index (χ4n) is 4.69. The number of phosphoric ester groups is 1. The van der Waals surface area contributed by atoms with E-state index in [0.29, 0.717) is 13.0 Å². The average Bonchev–Trinajstić information content (AvgIpc) is 3.13. The summed E-state index contributed by atoms with van der Waals surface area (Å²) in [6, 6.07) is -1.49. The van der Waals surface area contributed by atoms with Crippen LogP contribution in [0.3, 0.4) is 0 Å². The highest BCUT2D eigenvalue weighted by Gasteiger charge is 2.27. The van der Waals surface area contributed by atoms with E-state index < -0.39 is 45.1 Å². The summed E-state index contributed by atoms with van der Waals surface area (Å²) in [5.74, 6) is -1.88. The van der Waals surface area contributed by atoms with Crippen LogP contribution in [-0.4, -0.2) is 60.5 Å². The Bertz CT molecular complexity index is 1160. The first-order valence-electron chi connectivity index (χ1n) is 19.6. The lowest BCUT2D eigenvalue weighted by Crippen LogP contribution is -2.34. The SMILES string of the molecule is CC/C=C\C/C=C\C/C=C\C/C=C\CCC(=O)OC(COCCCCCCCCCC/C=C\C/C=C\C/C=C\CC)COP(=O)(O)OCC(N)C(=O)O. The van der Waals surface area contributed by atoms with Gasteiger partial charge in [0, 0.05) is 13.0 Å². The van der Waals surface area contributed by atoms with Gasteiger partial charge >= 0.3 is 19.8 Å². The molecule has 0 saturated heterocycles. The first-order valence-corrected chi connectivity index (χ1v) is 21.1. The van der Waals surface area contributed by atoms with Gasteiger partial charge in [-0.3, -0.25) is 18.6 Å². The zero-order chi connectivity index (χ0) is 39.1. The molecule has 0 aliphatic carbocycles. The number of carbonyl (C=O) groups is 2. The smallest absolute Gasteiger partial charge is 0.472 e. The van der Waals surface area contributed by atoms with Crippen LogP contribution in [0.15, 0.2) is 85.1 Å². The third-order valence-corrected chi connectivity index (χ3v) is 8.63. The van der Waals surface area contributed by atoms with E-state index in [-0.39, 0.29) is 13.0 Å². The van der Waals surface area contributed by atoms with E-state index >= 15 is 0 Å². The molecule has 0 saturated carbocycles. The summed E-state index contributed by atoms with van der Waals surface area (Å²) < 4.78 is 33.1. The predicted octanol–water partition coefficient (Wildman–Crippen LogP) is 10.4. The number of allylic oxidation sites excluding steroid dienone is 14. The number of nitrogens with two attached hydrogens (primary N) is 1. The van der Waals surface area contributed by atoms with Crippen molar-refractivity contribution in [3.05, 3.63) is 85.1 Å². The molecule has 0 aromatic carbocycles. The van der Waals surface area contributed by atoms with E-state index in [4.69, 9.17) is 24.8 Å². The second kappa shape index (κ2) is 37.5. The minimum atomic E-state index is -4.64. The molecule has 0 spiro atoms. The molecule has 0 amide bonds. The number of hydrogen-bond acceptors (Lipinski definition) is 8. The quantitative estimate of drug-likeness (QED) is 0.0243. The Kier molecular flexibility index (Phi) is 35.5. The van der Waals surface area contributed by atoms with E-state index in [2.05, 4.69) is 91.3 Å². The molecule has 3 unspecified atom stereocenters. The number of phosphoric acid groups is 1. The largest absolute Gasteiger partial charge is 0.480 e. The molecule has 53 heavy (non-hydrogen) atoms. The highest BCUT2D eigenvalue weighted by molar-refractivity contribution is 7.47. The number of ether oxygens (including phenoxy) is 2. The number of hydrogen-bond donors (Lipinski definition) is 3. The molecular formula is C42H70NO9P. The zero-order valence-electron chi connectivity index (χ0n) is 32.6. The van der Waals surface area contributed by atoms with Crippen molar-refractivity contribution in [2.45, 2.75) is 142 Å². The maximum Gasteiger partial charge on any atom is 0.472 e. The summed E-state index contributed by atoms with van der Waals surface area (Å²) >= 11 is 0. The molecule has 0 heterocycles. The van der Waals surface area contributed by atoms with Crippen molar-refractivity contribution < 1.29 is 42.7 Å². The van der Waals surface area contributed by atoms with Crippen molar-refractivity contribution in [2.24, 2.45) is 5.73 Å². The summed E-state index contributed by atoms with van der Waals surface area (Å²) in [5, 5.41) is 8.87. The van der Waals surface area contributed by atoms with E-state index in [1.165, 1.54) is 32.1 Å². The first-order chi connectivity index (χ1) is 25.7. The van der Waals surface area contributed by atoms with Crippen LogP contribution in [-0.2, 0) is 32.7 Å². The topological polar surface area (TPSA) is 155 Å². The van der Waals surface area contributed by atoms with Gasteiger partial charge in [0.1, 0.15) is 12.1 Å². The molecule has 11 heteroatoms. The number of rotatable bonds is 36. The van der Waals surface area contributed by atoms with Crippen molar-refractivity contribution >= 4 is 19.8 Å². The molecular weight excluding hydrogens is 693 g/mol. The number of carbonyl (C=O) groups excluding carboxylic acids is 1. The average molecular weight is 764 g/mol. The highest BCUT2D eigenvalue weighted by Crippen LogP contribution is 2.43. The third-order valence-electron chi connectivity index (χ3n) is 7.68. The van der Waals surface area contributed by atoms with Crippen molar-refractivity contribution in [2.75, 3.05) is 26.4 Å². The second-order valence-electron chi connectivity index (χ2n) is 12.6. The molecule has 3 atom stereocenters. The van der Waals surface area contributed by atoms with Crippen molar-refractivity contribution in [3.8, 4) is 0 Å². The highest BCUT2D eigenvalue weighted by atomic mass is 31.2. The molecule has 0 rings (SSSR count). The monoisotopic (exact) mass is 763 g/mol. The lowest BCUT2D eigenvalue weighted by molar-refractivity contribution is -0.154. The van der Waals surface area contributed by atoms with Gasteiger partial charge in [0.05, 0.1) is 19.8 Å². The molecule has 10 nitrogen and oxygen atoms in total. The van der Waals surface area contributed by atoms with E-state index in [1.807, 2.05) is 12.2 Å². The Labute approximate surface area is 320 Å². The lowest BCUT2D eigenvalue weighted by atomic mass is 10.1. The molecule has 0 aliphatic heterocycles. The molecule has 0 radical (unpaired) electrons. The maximum atomic E-state index is 12.5. The summed E-state index contributed by atoms with van der Waals surface area (Å²) in [4.78, 5) is 33.4. The molecule has 0 aromatic heterocycles. The first kappa shape index (κ1) is 50.1. The summed E-state index contributed by atoms with van der Waals surface area (Å²) in [6.07, 6.45) is 46.6. The lowest BCUT2D eigenvalue weighted by Gasteiger charge is -2.20. The van der Waals surface area contributed by atoms with E-state index in [9.17, 15) is 19.0 Å². The molecule has 0 fully saturated rings. The van der Waals surface area contributed by atoms with E-state index in [1.54, 1.807) is 0 Å². The number of carboxylic acid groups (broad SMARTS) is 1. The van der Waals surface area contributed by atoms with Crippen molar-refractivity contribution in [1.29, 1.82) is 0 Å². The van der Waals surface area contributed by atoms with Crippen LogP contribution < -0.4 is 5.73 Å². The minimum Gasteiger partial charge on any atom is -0.480 e. The van der Waals surface area contributed by atoms with Crippen LogP contribution in [0.1, 0.15) is 129 Å². The Morgan fingerprint density at radius 1 is 0.604 bits per heavy atom. The van der Waals surface area contributed by atoms with E-state index in [0.717, 1.165) is 70.6 Å². The Morgan fingerprint density at radius 3 is 1.55 bits per heavy atom. The molecule has 0 bridgehead atoms. The Hall–Kier alpha value is -2.85. The predicted molar refractivity (Wildman–Crippen MR) is 216 cm³/mol. The van der Waals surface area contributed by atoms with Gasteiger partial charge in [0.15, 0.2) is 0 Å². The van der Waals surface area contributed by atoms with Crippen LogP contribution in [0, 0.1) is 0 Å². The Morgan fingerprint density at radius 2 is 1.04 bits per heavy atom. The fourth-order valence-corrected chi connectivity index (χ4v) is 5.47. The van der Waals surface area contributed by atoms with Crippen LogP contribution in [0.5, 0.6) is 0 Å².